The minimum atomic E-state index is -0.705. The summed E-state index contributed by atoms with van der Waals surface area (Å²) in [5, 5.41) is 21.7. The maximum Gasteiger partial charge on any atom is 0.345 e. The highest BCUT2D eigenvalue weighted by molar-refractivity contribution is 6.31. The molecule has 0 saturated heterocycles. The third-order valence-corrected chi connectivity index (χ3v) is 3.75. The van der Waals surface area contributed by atoms with Gasteiger partial charge >= 0.3 is 6.03 Å². The van der Waals surface area contributed by atoms with E-state index in [2.05, 4.69) is 15.3 Å². The zero-order valence-electron chi connectivity index (χ0n) is 12.8. The average Bonchev–Trinajstić information content (AvgIpc) is 2.51. The monoisotopic (exact) mass is 344 g/mol. The third kappa shape index (κ3) is 3.62. The predicted octanol–water partition coefficient (Wildman–Crippen LogP) is 2.87. The minimum Gasteiger partial charge on any atom is -0.494 e. The molecule has 0 spiro atoms. The van der Waals surface area contributed by atoms with Crippen molar-refractivity contribution in [3.8, 4) is 11.9 Å². The van der Waals surface area contributed by atoms with Crippen LogP contribution in [0.3, 0.4) is 0 Å². The summed E-state index contributed by atoms with van der Waals surface area (Å²) in [6, 6.07) is 6.05. The van der Waals surface area contributed by atoms with E-state index in [1.165, 1.54) is 6.92 Å². The molecule has 1 aromatic carbocycles. The number of nitrogens with zero attached hydrogens (tertiary/aromatic N) is 2. The van der Waals surface area contributed by atoms with Crippen LogP contribution in [0.1, 0.15) is 22.3 Å². The Balaban J connectivity index is 2.25. The Hall–Kier alpha value is -3.11. The molecule has 8 heteroatoms. The van der Waals surface area contributed by atoms with Gasteiger partial charge in [-0.1, -0.05) is 17.7 Å². The van der Waals surface area contributed by atoms with E-state index in [-0.39, 0.29) is 16.7 Å². The smallest absolute Gasteiger partial charge is 0.345 e. The van der Waals surface area contributed by atoms with Gasteiger partial charge in [0, 0.05) is 16.9 Å². The number of aliphatic imine (C=N–C) groups is 1. The van der Waals surface area contributed by atoms with Crippen LogP contribution in [0.15, 0.2) is 28.0 Å². The van der Waals surface area contributed by atoms with Gasteiger partial charge in [0.05, 0.1) is 5.56 Å². The van der Waals surface area contributed by atoms with Crippen LogP contribution in [-0.2, 0) is 0 Å². The molecule has 1 aromatic heterocycles. The zero-order valence-corrected chi connectivity index (χ0v) is 13.6. The molecule has 0 aliphatic rings. The highest BCUT2D eigenvalue weighted by Crippen LogP contribution is 2.20. The molecule has 24 heavy (non-hydrogen) atoms. The highest BCUT2D eigenvalue weighted by Gasteiger charge is 2.12. The van der Waals surface area contributed by atoms with Gasteiger partial charge in [0.25, 0.3) is 5.56 Å². The number of carbonyl (C=O) groups is 1. The predicted molar refractivity (Wildman–Crippen MR) is 91.0 cm³/mol. The summed E-state index contributed by atoms with van der Waals surface area (Å²) in [6.45, 7) is 3.31. The fraction of sp³-hybridized carbons (Fsp3) is 0.125. The maximum absolute atomic E-state index is 11.9. The van der Waals surface area contributed by atoms with E-state index < -0.39 is 17.5 Å². The van der Waals surface area contributed by atoms with Gasteiger partial charge in [-0.3, -0.25) is 9.78 Å². The number of H-pyrrole nitrogens is 1. The van der Waals surface area contributed by atoms with Crippen LogP contribution in [0, 0.1) is 25.2 Å². The van der Waals surface area contributed by atoms with Crippen LogP contribution in [0.5, 0.6) is 5.88 Å². The van der Waals surface area contributed by atoms with Crippen LogP contribution in [0.25, 0.3) is 0 Å². The van der Waals surface area contributed by atoms with Crippen LogP contribution < -0.4 is 10.9 Å². The Kier molecular flexibility index (Phi) is 5.02. The second-order valence-corrected chi connectivity index (χ2v) is 5.39. The lowest BCUT2D eigenvalue weighted by Gasteiger charge is -2.05. The summed E-state index contributed by atoms with van der Waals surface area (Å²) >= 11 is 5.97. The number of benzene rings is 1. The van der Waals surface area contributed by atoms with Crippen LogP contribution in [-0.4, -0.2) is 22.3 Å². The van der Waals surface area contributed by atoms with Crippen molar-refractivity contribution in [2.75, 3.05) is 5.32 Å². The van der Waals surface area contributed by atoms with Gasteiger partial charge in [0.15, 0.2) is 0 Å². The first-order chi connectivity index (χ1) is 11.3. The third-order valence-electron chi connectivity index (χ3n) is 3.34. The topological polar surface area (TPSA) is 118 Å². The van der Waals surface area contributed by atoms with Gasteiger partial charge in [-0.05, 0) is 37.1 Å². The van der Waals surface area contributed by atoms with Crippen molar-refractivity contribution in [1.82, 2.24) is 4.98 Å². The molecule has 7 nitrogen and oxygen atoms in total. The van der Waals surface area contributed by atoms with E-state index in [9.17, 15) is 14.7 Å². The first-order valence-electron chi connectivity index (χ1n) is 6.80. The second kappa shape index (κ2) is 6.98. The zero-order chi connectivity index (χ0) is 17.9. The molecule has 0 saturated carbocycles. The van der Waals surface area contributed by atoms with Crippen molar-refractivity contribution >= 4 is 29.5 Å². The molecule has 1 heterocycles. The number of aromatic nitrogens is 1. The standard InChI is InChI=1S/C16H13ClN4O3/c1-8-3-4-10(5-13(8)17)20-16(24)19-7-12-9(2)11(6-18)14(22)21-15(12)23/h3-5,7H,1-2H3,(H,20,24)(H2,21,22,23). The van der Waals surface area contributed by atoms with Gasteiger partial charge < -0.3 is 10.4 Å². The molecule has 0 radical (unpaired) electrons. The van der Waals surface area contributed by atoms with Crippen molar-refractivity contribution < 1.29 is 9.90 Å². The Morgan fingerprint density at radius 3 is 2.79 bits per heavy atom. The van der Waals surface area contributed by atoms with Crippen LogP contribution in [0.4, 0.5) is 10.5 Å². The maximum atomic E-state index is 11.9. The number of aromatic amines is 1. The van der Waals surface area contributed by atoms with E-state index in [1.54, 1.807) is 24.3 Å². The second-order valence-electron chi connectivity index (χ2n) is 4.98. The minimum absolute atomic E-state index is 0.0863. The lowest BCUT2D eigenvalue weighted by atomic mass is 10.1. The fourth-order valence-electron chi connectivity index (χ4n) is 1.96. The lowest BCUT2D eigenvalue weighted by Crippen LogP contribution is -2.14. The van der Waals surface area contributed by atoms with E-state index in [0.29, 0.717) is 10.7 Å². The molecule has 0 aliphatic heterocycles. The molecular formula is C16H13ClN4O3. The average molecular weight is 345 g/mol. The molecule has 0 aliphatic carbocycles. The molecule has 0 unspecified atom stereocenters. The summed E-state index contributed by atoms with van der Waals surface area (Å²) in [5.74, 6) is -0.466. The molecule has 2 rings (SSSR count). The van der Waals surface area contributed by atoms with Crippen LogP contribution >= 0.6 is 11.6 Å². The van der Waals surface area contributed by atoms with E-state index >= 15 is 0 Å². The number of nitriles is 1. The van der Waals surface area contributed by atoms with Gasteiger partial charge in [-0.2, -0.15) is 5.26 Å². The number of carbonyl (C=O) groups excluding carboxylic acids is 1. The number of nitrogens with one attached hydrogen (secondary N) is 2. The molecule has 0 bridgehead atoms. The number of rotatable bonds is 2. The number of pyridine rings is 1. The van der Waals surface area contributed by atoms with Gasteiger partial charge in [-0.25, -0.2) is 9.79 Å². The Morgan fingerprint density at radius 1 is 1.46 bits per heavy atom. The first-order valence-corrected chi connectivity index (χ1v) is 7.18. The number of hydrogen-bond donors (Lipinski definition) is 3. The normalized spacial score (nSPS) is 10.6. The Morgan fingerprint density at radius 2 is 2.17 bits per heavy atom. The number of halogens is 1. The molecule has 122 valence electrons. The lowest BCUT2D eigenvalue weighted by molar-refractivity contribution is 0.259. The number of amides is 2. The summed E-state index contributed by atoms with van der Waals surface area (Å²) < 4.78 is 0. The fourth-order valence-corrected chi connectivity index (χ4v) is 2.14. The molecule has 2 aromatic rings. The molecule has 2 amide bonds. The number of aromatic hydroxyl groups is 1. The quantitative estimate of drug-likeness (QED) is 0.726. The van der Waals surface area contributed by atoms with E-state index in [1.807, 2.05) is 6.92 Å². The highest BCUT2D eigenvalue weighted by atomic mass is 35.5. The number of aryl methyl sites for hydroxylation is 1. The molecule has 3 N–H and O–H groups in total. The van der Waals surface area contributed by atoms with Gasteiger partial charge in [-0.15, -0.1) is 0 Å². The largest absolute Gasteiger partial charge is 0.494 e. The summed E-state index contributed by atoms with van der Waals surface area (Å²) in [6.07, 6.45) is 1.08. The van der Waals surface area contributed by atoms with Crippen molar-refractivity contribution in [2.24, 2.45) is 4.99 Å². The van der Waals surface area contributed by atoms with Gasteiger partial charge in [0.1, 0.15) is 11.6 Å². The van der Waals surface area contributed by atoms with Crippen molar-refractivity contribution in [2.45, 2.75) is 13.8 Å². The molecular weight excluding hydrogens is 332 g/mol. The summed E-state index contributed by atoms with van der Waals surface area (Å²) in [4.78, 5) is 29.1. The number of hydrogen-bond acceptors (Lipinski definition) is 4. The summed E-state index contributed by atoms with van der Waals surface area (Å²) in [7, 11) is 0. The van der Waals surface area contributed by atoms with E-state index in [0.717, 1.165) is 11.8 Å². The number of anilines is 1. The molecule has 0 fully saturated rings. The molecule has 0 atom stereocenters. The SMILES string of the molecule is Cc1ccc(NC(=O)N=Cc2c(O)[nH]c(=O)c(C#N)c2C)cc1Cl. The van der Waals surface area contributed by atoms with Crippen molar-refractivity contribution in [3.05, 3.63) is 55.8 Å². The van der Waals surface area contributed by atoms with E-state index in [4.69, 9.17) is 16.9 Å². The Bertz CT molecular complexity index is 942. The van der Waals surface area contributed by atoms with Crippen molar-refractivity contribution in [1.29, 1.82) is 5.26 Å². The first kappa shape index (κ1) is 17.2. The summed E-state index contributed by atoms with van der Waals surface area (Å²) in [5.41, 5.74) is 0.796. The van der Waals surface area contributed by atoms with Crippen molar-refractivity contribution in [3.63, 3.8) is 0 Å². The van der Waals surface area contributed by atoms with Crippen LogP contribution in [0.2, 0.25) is 5.02 Å². The Labute approximate surface area is 142 Å². The number of urea groups is 1. The van der Waals surface area contributed by atoms with Gasteiger partial charge in [0.2, 0.25) is 5.88 Å².